The van der Waals surface area contributed by atoms with Crippen LogP contribution in [-0.4, -0.2) is 31.5 Å². The second kappa shape index (κ2) is 9.85. The summed E-state index contributed by atoms with van der Waals surface area (Å²) in [5, 5.41) is 19.8. The molecule has 7 nitrogen and oxygen atoms in total. The van der Waals surface area contributed by atoms with Gasteiger partial charge in [0.2, 0.25) is 0 Å². The molecule has 0 amide bonds. The van der Waals surface area contributed by atoms with Gasteiger partial charge in [0.1, 0.15) is 11.6 Å². The molecular formula is C28H24ClF3N4O3. The number of methoxy groups -OCH3 is 1. The van der Waals surface area contributed by atoms with Crippen molar-refractivity contribution in [2.45, 2.75) is 26.0 Å². The third kappa shape index (κ3) is 4.87. The van der Waals surface area contributed by atoms with Crippen molar-refractivity contribution in [3.63, 3.8) is 0 Å². The summed E-state index contributed by atoms with van der Waals surface area (Å²) in [6, 6.07) is 12.1. The molecule has 0 saturated carbocycles. The molecule has 11 heteroatoms. The number of halogens is 4. The van der Waals surface area contributed by atoms with Crippen LogP contribution in [0.4, 0.5) is 13.2 Å². The molecule has 202 valence electrons. The first kappa shape index (κ1) is 26.4. The van der Waals surface area contributed by atoms with Gasteiger partial charge in [-0.2, -0.15) is 0 Å². The van der Waals surface area contributed by atoms with Crippen LogP contribution in [0.15, 0.2) is 54.7 Å². The summed E-state index contributed by atoms with van der Waals surface area (Å²) in [5.74, 6) is -2.17. The summed E-state index contributed by atoms with van der Waals surface area (Å²) >= 11 is 5.71. The zero-order chi connectivity index (χ0) is 28.1. The standard InChI is InChI=1S/C28H24ClF3N4O3/c1-28(2,39-24-22(31)10-17(29)11-23(24)32)27-34-33-25(35(27)3)20-9-16-14-36(26(37)19(16)12-21(20)30)13-15-5-7-18(38-4)8-6-15/h5-12,14,37H,13H2,1-4H3. The Bertz CT molecular complexity index is 1670. The third-order valence-electron chi connectivity index (χ3n) is 6.43. The molecular weight excluding hydrogens is 533 g/mol. The van der Waals surface area contributed by atoms with Crippen molar-refractivity contribution in [2.24, 2.45) is 7.05 Å². The summed E-state index contributed by atoms with van der Waals surface area (Å²) < 4.78 is 58.0. The van der Waals surface area contributed by atoms with Gasteiger partial charge in [-0.25, -0.2) is 13.2 Å². The van der Waals surface area contributed by atoms with Gasteiger partial charge in [-0.05, 0) is 55.8 Å². The summed E-state index contributed by atoms with van der Waals surface area (Å²) in [4.78, 5) is 0. The summed E-state index contributed by atoms with van der Waals surface area (Å²) in [5.41, 5.74) is -0.304. The lowest BCUT2D eigenvalue weighted by Crippen LogP contribution is -2.30. The molecule has 0 aliphatic heterocycles. The Morgan fingerprint density at radius 3 is 2.28 bits per heavy atom. The first-order valence-corrected chi connectivity index (χ1v) is 12.2. The number of benzene rings is 3. The van der Waals surface area contributed by atoms with Gasteiger partial charge >= 0.3 is 0 Å². The molecule has 0 fully saturated rings. The molecule has 5 rings (SSSR count). The van der Waals surface area contributed by atoms with Crippen LogP contribution in [-0.2, 0) is 19.2 Å². The number of hydrogen-bond donors (Lipinski definition) is 1. The Balaban J connectivity index is 1.48. The molecule has 3 aromatic carbocycles. The fourth-order valence-electron chi connectivity index (χ4n) is 4.51. The number of rotatable bonds is 7. The Labute approximate surface area is 227 Å². The van der Waals surface area contributed by atoms with Crippen LogP contribution in [0.3, 0.4) is 0 Å². The van der Waals surface area contributed by atoms with E-state index in [1.165, 1.54) is 10.6 Å². The zero-order valence-electron chi connectivity index (χ0n) is 21.5. The Hall–Kier alpha value is -4.18. The minimum atomic E-state index is -1.35. The van der Waals surface area contributed by atoms with Gasteiger partial charge in [-0.15, -0.1) is 10.2 Å². The predicted octanol–water partition coefficient (Wildman–Crippen LogP) is 6.58. The lowest BCUT2D eigenvalue weighted by Gasteiger charge is -2.26. The van der Waals surface area contributed by atoms with Gasteiger partial charge in [-0.1, -0.05) is 23.7 Å². The molecule has 0 radical (unpaired) electrons. The highest BCUT2D eigenvalue weighted by Gasteiger charge is 2.33. The average molecular weight is 557 g/mol. The van der Waals surface area contributed by atoms with Crippen LogP contribution in [0.2, 0.25) is 5.02 Å². The largest absolute Gasteiger partial charge is 0.497 e. The van der Waals surface area contributed by atoms with E-state index in [1.54, 1.807) is 44.8 Å². The van der Waals surface area contributed by atoms with Crippen molar-refractivity contribution in [1.82, 2.24) is 19.3 Å². The number of ether oxygens (including phenoxy) is 2. The highest BCUT2D eigenvalue weighted by molar-refractivity contribution is 6.30. The number of nitrogens with zero attached hydrogens (tertiary/aromatic N) is 4. The van der Waals surface area contributed by atoms with Crippen molar-refractivity contribution in [2.75, 3.05) is 7.11 Å². The van der Waals surface area contributed by atoms with Crippen molar-refractivity contribution in [3.8, 4) is 28.8 Å². The van der Waals surface area contributed by atoms with Crippen molar-refractivity contribution in [3.05, 3.63) is 88.6 Å². The van der Waals surface area contributed by atoms with Gasteiger partial charge in [0.15, 0.2) is 40.5 Å². The van der Waals surface area contributed by atoms with E-state index in [9.17, 15) is 13.9 Å². The molecule has 1 N–H and O–H groups in total. The van der Waals surface area contributed by atoms with Gasteiger partial charge in [0, 0.05) is 29.0 Å². The molecule has 0 saturated heterocycles. The molecule has 2 aromatic heterocycles. The Morgan fingerprint density at radius 2 is 1.64 bits per heavy atom. The lowest BCUT2D eigenvalue weighted by molar-refractivity contribution is 0.0836. The highest BCUT2D eigenvalue weighted by Crippen LogP contribution is 2.36. The molecule has 2 heterocycles. The molecule has 0 aliphatic rings. The van der Waals surface area contributed by atoms with E-state index >= 15 is 4.39 Å². The normalized spacial score (nSPS) is 11.8. The van der Waals surface area contributed by atoms with E-state index in [0.717, 1.165) is 17.7 Å². The summed E-state index contributed by atoms with van der Waals surface area (Å²) in [6.07, 6.45) is 1.72. The topological polar surface area (TPSA) is 74.3 Å². The molecule has 39 heavy (non-hydrogen) atoms. The molecule has 0 atom stereocenters. The van der Waals surface area contributed by atoms with Gasteiger partial charge in [0.25, 0.3) is 0 Å². The average Bonchev–Trinajstić information content (AvgIpc) is 3.41. The maximum Gasteiger partial charge on any atom is 0.199 e. The number of aromatic nitrogens is 4. The van der Waals surface area contributed by atoms with E-state index in [0.29, 0.717) is 23.1 Å². The van der Waals surface area contributed by atoms with Gasteiger partial charge in [-0.3, -0.25) is 0 Å². The second-order valence-corrected chi connectivity index (χ2v) is 10.0. The first-order valence-electron chi connectivity index (χ1n) is 11.9. The van der Waals surface area contributed by atoms with E-state index in [-0.39, 0.29) is 28.1 Å². The Morgan fingerprint density at radius 1 is 0.974 bits per heavy atom. The maximum atomic E-state index is 15.3. The fraction of sp³-hybridized carbons (Fsp3) is 0.214. The molecule has 0 spiro atoms. The number of hydrogen-bond acceptors (Lipinski definition) is 5. The summed E-state index contributed by atoms with van der Waals surface area (Å²) in [6.45, 7) is 3.48. The number of fused-ring (bicyclic) bond motifs is 1. The lowest BCUT2D eigenvalue weighted by atomic mass is 10.1. The SMILES string of the molecule is COc1ccc(Cn2cc3cc(-c4nnc(C(C)(C)Oc5c(F)cc(Cl)cc5F)n4C)c(F)cc3c2O)cc1. The van der Waals surface area contributed by atoms with E-state index in [1.807, 2.05) is 24.3 Å². The molecule has 0 aliphatic carbocycles. The first-order chi connectivity index (χ1) is 18.5. The quantitative estimate of drug-likeness (QED) is 0.245. The third-order valence-corrected chi connectivity index (χ3v) is 6.65. The Kier molecular flexibility index (Phi) is 6.67. The zero-order valence-corrected chi connectivity index (χ0v) is 22.2. The van der Waals surface area contributed by atoms with Crippen LogP contribution in [0.25, 0.3) is 22.2 Å². The fourth-order valence-corrected chi connectivity index (χ4v) is 4.70. The molecule has 0 unspecified atom stereocenters. The summed E-state index contributed by atoms with van der Waals surface area (Å²) in [7, 11) is 3.18. The minimum absolute atomic E-state index is 0.0773. The monoisotopic (exact) mass is 556 g/mol. The van der Waals surface area contributed by atoms with Crippen molar-refractivity contribution < 1.29 is 27.8 Å². The maximum absolute atomic E-state index is 15.3. The molecule has 5 aromatic rings. The van der Waals surface area contributed by atoms with E-state index < -0.39 is 28.8 Å². The second-order valence-electron chi connectivity index (χ2n) is 9.57. The molecule has 0 bridgehead atoms. The van der Waals surface area contributed by atoms with E-state index in [2.05, 4.69) is 10.2 Å². The van der Waals surface area contributed by atoms with Crippen LogP contribution < -0.4 is 9.47 Å². The van der Waals surface area contributed by atoms with Gasteiger partial charge < -0.3 is 23.7 Å². The number of aromatic hydroxyl groups is 1. The highest BCUT2D eigenvalue weighted by atomic mass is 35.5. The van der Waals surface area contributed by atoms with Gasteiger partial charge in [0.05, 0.1) is 19.2 Å². The van der Waals surface area contributed by atoms with Crippen LogP contribution in [0.5, 0.6) is 17.4 Å². The van der Waals surface area contributed by atoms with Crippen molar-refractivity contribution in [1.29, 1.82) is 0 Å². The van der Waals surface area contributed by atoms with Crippen LogP contribution in [0, 0.1) is 17.5 Å². The van der Waals surface area contributed by atoms with Crippen LogP contribution >= 0.6 is 11.6 Å². The predicted molar refractivity (Wildman–Crippen MR) is 141 cm³/mol. The van der Waals surface area contributed by atoms with Crippen LogP contribution in [0.1, 0.15) is 25.2 Å². The smallest absolute Gasteiger partial charge is 0.199 e. The van der Waals surface area contributed by atoms with E-state index in [4.69, 9.17) is 21.1 Å². The minimum Gasteiger partial charge on any atom is -0.497 e. The van der Waals surface area contributed by atoms with Crippen molar-refractivity contribution >= 4 is 22.4 Å².